The van der Waals surface area contributed by atoms with Crippen molar-refractivity contribution in [2.24, 2.45) is 0 Å². The summed E-state index contributed by atoms with van der Waals surface area (Å²) in [6.07, 6.45) is 1.45. The van der Waals surface area contributed by atoms with Crippen LogP contribution in [0.2, 0.25) is 0 Å². The molecule has 0 aliphatic rings. The van der Waals surface area contributed by atoms with Crippen LogP contribution in [0.15, 0.2) is 61.2 Å². The van der Waals surface area contributed by atoms with Crippen LogP contribution < -0.4 is 0 Å². The molecule has 1 aromatic carbocycles. The summed E-state index contributed by atoms with van der Waals surface area (Å²) in [5.74, 6) is -0.102. The smallest absolute Gasteiger partial charge is 0.408 e. The first-order valence-electron chi connectivity index (χ1n) is 9.45. The number of rotatable bonds is 3. The standard InChI is InChI=1S/C22H16F3N5O/c1-13-6-18(15-7-14-4-2-3-5-17(14)26-8-15)28-19-11-30(21(31)20(13)19)16-9-27-29(10-16)12-22(23,24)25/h2-11,31H,12H2,1H3. The largest absolute Gasteiger partial charge is 0.494 e. The number of nitrogens with zero attached hydrogens (tertiary/aromatic N) is 5. The van der Waals surface area contributed by atoms with Crippen LogP contribution in [0.5, 0.6) is 5.88 Å². The van der Waals surface area contributed by atoms with Crippen LogP contribution in [-0.2, 0) is 6.54 Å². The number of para-hydroxylation sites is 1. The van der Waals surface area contributed by atoms with Gasteiger partial charge in [-0.1, -0.05) is 18.2 Å². The molecule has 0 unspecified atom stereocenters. The van der Waals surface area contributed by atoms with Crippen molar-refractivity contribution in [3.63, 3.8) is 0 Å². The molecule has 6 nitrogen and oxygen atoms in total. The van der Waals surface area contributed by atoms with E-state index in [1.54, 1.807) is 12.4 Å². The lowest BCUT2D eigenvalue weighted by Crippen LogP contribution is -2.17. The molecule has 0 fully saturated rings. The molecule has 31 heavy (non-hydrogen) atoms. The SMILES string of the molecule is Cc1cc(-c2cnc3ccccc3c2)nc2cn(-c3cnn(CC(F)(F)F)c3)c(O)c12. The van der Waals surface area contributed by atoms with Gasteiger partial charge in [-0.25, -0.2) is 4.98 Å². The lowest BCUT2D eigenvalue weighted by Gasteiger charge is -2.06. The fraction of sp³-hybridized carbons (Fsp3) is 0.136. The Kier molecular flexibility index (Phi) is 4.21. The Morgan fingerprint density at radius 2 is 1.84 bits per heavy atom. The van der Waals surface area contributed by atoms with Crippen molar-refractivity contribution in [3.8, 4) is 22.8 Å². The van der Waals surface area contributed by atoms with Gasteiger partial charge in [0.2, 0.25) is 5.88 Å². The van der Waals surface area contributed by atoms with Crippen molar-refractivity contribution in [2.45, 2.75) is 19.6 Å². The van der Waals surface area contributed by atoms with Crippen LogP contribution in [0.1, 0.15) is 5.56 Å². The highest BCUT2D eigenvalue weighted by Crippen LogP contribution is 2.34. The fourth-order valence-corrected chi connectivity index (χ4v) is 3.69. The third-order valence-corrected chi connectivity index (χ3v) is 5.07. The van der Waals surface area contributed by atoms with Gasteiger partial charge in [0.1, 0.15) is 6.54 Å². The first kappa shape index (κ1) is 19.1. The molecule has 0 bridgehead atoms. The van der Waals surface area contributed by atoms with Gasteiger partial charge in [-0.2, -0.15) is 18.3 Å². The second kappa shape index (κ2) is 6.83. The Morgan fingerprint density at radius 1 is 1.03 bits per heavy atom. The van der Waals surface area contributed by atoms with E-state index in [1.165, 1.54) is 17.0 Å². The van der Waals surface area contributed by atoms with E-state index in [1.807, 2.05) is 43.3 Å². The van der Waals surface area contributed by atoms with Gasteiger partial charge in [0, 0.05) is 29.5 Å². The molecule has 9 heteroatoms. The molecule has 4 heterocycles. The normalized spacial score (nSPS) is 12.1. The molecule has 0 atom stereocenters. The van der Waals surface area contributed by atoms with E-state index in [0.717, 1.165) is 26.7 Å². The number of pyridine rings is 2. The first-order chi connectivity index (χ1) is 14.8. The quantitative estimate of drug-likeness (QED) is 0.443. The maximum Gasteiger partial charge on any atom is 0.408 e. The van der Waals surface area contributed by atoms with E-state index in [4.69, 9.17) is 0 Å². The molecule has 1 N–H and O–H groups in total. The second-order valence-corrected chi connectivity index (χ2v) is 7.34. The zero-order chi connectivity index (χ0) is 21.8. The van der Waals surface area contributed by atoms with Gasteiger partial charge >= 0.3 is 6.18 Å². The zero-order valence-electron chi connectivity index (χ0n) is 16.3. The topological polar surface area (TPSA) is 68.8 Å². The van der Waals surface area contributed by atoms with E-state index < -0.39 is 12.7 Å². The van der Waals surface area contributed by atoms with E-state index in [9.17, 15) is 18.3 Å². The van der Waals surface area contributed by atoms with Crippen LogP contribution in [0.25, 0.3) is 38.8 Å². The number of aromatic hydroxyl groups is 1. The molecular weight excluding hydrogens is 407 g/mol. The molecule has 0 saturated heterocycles. The second-order valence-electron chi connectivity index (χ2n) is 7.34. The van der Waals surface area contributed by atoms with Gasteiger partial charge in [-0.3, -0.25) is 14.2 Å². The summed E-state index contributed by atoms with van der Waals surface area (Å²) in [6.45, 7) is 0.643. The predicted molar refractivity (Wildman–Crippen MR) is 110 cm³/mol. The molecule has 5 rings (SSSR count). The van der Waals surface area contributed by atoms with E-state index >= 15 is 0 Å². The van der Waals surface area contributed by atoms with E-state index in [2.05, 4.69) is 15.1 Å². The molecule has 5 aromatic rings. The lowest BCUT2D eigenvalue weighted by molar-refractivity contribution is -0.142. The van der Waals surface area contributed by atoms with Crippen molar-refractivity contribution >= 4 is 21.8 Å². The van der Waals surface area contributed by atoms with Crippen LogP contribution in [0, 0.1) is 6.92 Å². The predicted octanol–water partition coefficient (Wildman–Crippen LogP) is 5.01. The molecule has 0 spiro atoms. The monoisotopic (exact) mass is 423 g/mol. The molecule has 0 aliphatic heterocycles. The van der Waals surface area contributed by atoms with Crippen LogP contribution in [-0.4, -0.2) is 35.6 Å². The zero-order valence-corrected chi connectivity index (χ0v) is 16.3. The number of halogens is 3. The molecule has 4 aromatic heterocycles. The molecule has 0 aliphatic carbocycles. The molecule has 0 radical (unpaired) electrons. The minimum absolute atomic E-state index is 0.102. The number of alkyl halides is 3. The number of hydrogen-bond donors (Lipinski definition) is 1. The van der Waals surface area contributed by atoms with Gasteiger partial charge in [0.05, 0.1) is 34.0 Å². The summed E-state index contributed by atoms with van der Waals surface area (Å²) in [5, 5.41) is 16.0. The van der Waals surface area contributed by atoms with Crippen LogP contribution in [0.4, 0.5) is 13.2 Å². The third-order valence-electron chi connectivity index (χ3n) is 5.07. The minimum Gasteiger partial charge on any atom is -0.494 e. The summed E-state index contributed by atoms with van der Waals surface area (Å²) >= 11 is 0. The van der Waals surface area contributed by atoms with Crippen molar-refractivity contribution < 1.29 is 18.3 Å². The average Bonchev–Trinajstić information content (AvgIpc) is 3.30. The molecule has 0 amide bonds. The third kappa shape index (κ3) is 3.48. The molecular formula is C22H16F3N5O. The van der Waals surface area contributed by atoms with Crippen molar-refractivity contribution in [1.29, 1.82) is 0 Å². The van der Waals surface area contributed by atoms with Crippen LogP contribution in [0.3, 0.4) is 0 Å². The first-order valence-corrected chi connectivity index (χ1v) is 9.45. The Balaban J connectivity index is 1.59. The highest BCUT2D eigenvalue weighted by atomic mass is 19.4. The van der Waals surface area contributed by atoms with Gasteiger partial charge in [-0.05, 0) is 30.7 Å². The summed E-state index contributed by atoms with van der Waals surface area (Å²) in [6, 6.07) is 11.6. The van der Waals surface area contributed by atoms with Crippen molar-refractivity contribution in [2.75, 3.05) is 0 Å². The number of aromatic nitrogens is 5. The van der Waals surface area contributed by atoms with Crippen molar-refractivity contribution in [1.82, 2.24) is 24.3 Å². The number of aryl methyl sites for hydroxylation is 1. The Morgan fingerprint density at radius 3 is 2.65 bits per heavy atom. The summed E-state index contributed by atoms with van der Waals surface area (Å²) in [7, 11) is 0. The highest BCUT2D eigenvalue weighted by Gasteiger charge is 2.28. The summed E-state index contributed by atoms with van der Waals surface area (Å²) in [5.41, 5.74) is 4.01. The number of benzene rings is 1. The minimum atomic E-state index is -4.38. The average molecular weight is 423 g/mol. The Hall–Kier alpha value is -3.88. The fourth-order valence-electron chi connectivity index (χ4n) is 3.69. The van der Waals surface area contributed by atoms with Gasteiger partial charge in [0.15, 0.2) is 0 Å². The summed E-state index contributed by atoms with van der Waals surface area (Å²) in [4.78, 5) is 9.13. The Labute approximate surface area is 174 Å². The van der Waals surface area contributed by atoms with Gasteiger partial charge < -0.3 is 5.11 Å². The van der Waals surface area contributed by atoms with Crippen LogP contribution >= 0.6 is 0 Å². The van der Waals surface area contributed by atoms with Crippen molar-refractivity contribution in [3.05, 3.63) is 66.7 Å². The Bertz CT molecular complexity index is 1430. The number of fused-ring (bicyclic) bond motifs is 2. The summed E-state index contributed by atoms with van der Waals surface area (Å²) < 4.78 is 40.0. The highest BCUT2D eigenvalue weighted by molar-refractivity contribution is 5.91. The van der Waals surface area contributed by atoms with Gasteiger partial charge in [0.25, 0.3) is 0 Å². The number of hydrogen-bond acceptors (Lipinski definition) is 4. The molecule has 156 valence electrons. The van der Waals surface area contributed by atoms with E-state index in [-0.39, 0.29) is 5.88 Å². The maximum atomic E-state index is 12.6. The maximum absolute atomic E-state index is 12.6. The molecule has 0 saturated carbocycles. The van der Waals surface area contributed by atoms with Gasteiger partial charge in [-0.15, -0.1) is 0 Å². The lowest BCUT2D eigenvalue weighted by atomic mass is 10.1. The van der Waals surface area contributed by atoms with E-state index in [0.29, 0.717) is 22.3 Å².